The first-order chi connectivity index (χ1) is 15.4. The fourth-order valence-electron chi connectivity index (χ4n) is 4.49. The van der Waals surface area contributed by atoms with Crippen LogP contribution in [0.15, 0.2) is 36.2 Å². The minimum absolute atomic E-state index is 1.10. The van der Waals surface area contributed by atoms with E-state index in [1.807, 2.05) is 12.3 Å². The molecule has 0 aromatic rings. The van der Waals surface area contributed by atoms with Crippen molar-refractivity contribution in [3.63, 3.8) is 0 Å². The molecule has 0 fully saturated rings. The van der Waals surface area contributed by atoms with Crippen LogP contribution in [-0.4, -0.2) is 0 Å². The van der Waals surface area contributed by atoms with E-state index in [4.69, 9.17) is 0 Å². The normalized spacial score (nSPS) is 13.3. The Kier molecular flexibility index (Phi) is 21.4. The number of nitrogens with zero attached hydrogens (tertiary/aromatic N) is 1. The molecule has 1 heteroatoms. The van der Waals surface area contributed by atoms with Gasteiger partial charge >= 0.3 is 0 Å². The molecule has 1 nitrogen and oxygen atoms in total. The summed E-state index contributed by atoms with van der Waals surface area (Å²) < 4.78 is 0. The highest BCUT2D eigenvalue weighted by molar-refractivity contribution is 5.28. The molecule has 1 radical (unpaired) electrons. The number of hydrogen-bond donors (Lipinski definition) is 0. The van der Waals surface area contributed by atoms with Crippen LogP contribution in [0.5, 0.6) is 0 Å². The van der Waals surface area contributed by atoms with E-state index in [9.17, 15) is 0 Å². The van der Waals surface area contributed by atoms with Crippen molar-refractivity contribution in [1.29, 1.82) is 0 Å². The second-order valence-corrected chi connectivity index (χ2v) is 9.68. The maximum Gasteiger partial charge on any atom is 0.0626 e. The molecule has 0 saturated heterocycles. The minimum atomic E-state index is 1.10. The summed E-state index contributed by atoms with van der Waals surface area (Å²) in [4.78, 5) is 0. The summed E-state index contributed by atoms with van der Waals surface area (Å²) in [6.07, 6.45) is 43.5. The Labute approximate surface area is 196 Å². The van der Waals surface area contributed by atoms with E-state index >= 15 is 0 Å². The molecule has 0 atom stereocenters. The number of hydrogen-bond acceptors (Lipinski definition) is 0. The highest BCUT2D eigenvalue weighted by Crippen LogP contribution is 2.15. The van der Waals surface area contributed by atoms with Crippen molar-refractivity contribution in [3.8, 4) is 0 Å². The predicted octanol–water partition coefficient (Wildman–Crippen LogP) is 10.6. The monoisotopic (exact) mass is 428 g/mol. The Morgan fingerprint density at radius 2 is 0.935 bits per heavy atom. The largest absolute Gasteiger partial charge is 0.257 e. The molecule has 0 aromatic carbocycles. The second-order valence-electron chi connectivity index (χ2n) is 9.68. The second kappa shape index (κ2) is 23.7. The lowest BCUT2D eigenvalue weighted by Gasteiger charge is -2.04. The zero-order valence-corrected chi connectivity index (χ0v) is 21.1. The molecule has 0 bridgehead atoms. The van der Waals surface area contributed by atoms with E-state index in [-0.39, 0.29) is 0 Å². The molecular weight excluding hydrogens is 374 g/mol. The van der Waals surface area contributed by atoms with Gasteiger partial charge in [-0.1, -0.05) is 148 Å². The van der Waals surface area contributed by atoms with Crippen LogP contribution in [0.25, 0.3) is 0 Å². The molecule has 1 rings (SSSR count). The fourth-order valence-corrected chi connectivity index (χ4v) is 4.49. The van der Waals surface area contributed by atoms with Crippen LogP contribution in [0.1, 0.15) is 155 Å². The van der Waals surface area contributed by atoms with Gasteiger partial charge in [-0.15, -0.1) is 0 Å². The fraction of sp³-hybridized carbons (Fsp3) is 0.800. The topological polar surface area (TPSA) is 14.1 Å². The van der Waals surface area contributed by atoms with E-state index in [0.717, 1.165) is 5.70 Å². The van der Waals surface area contributed by atoms with Crippen LogP contribution in [-0.2, 0) is 0 Å². The molecule has 0 saturated carbocycles. The zero-order valence-electron chi connectivity index (χ0n) is 21.1. The van der Waals surface area contributed by atoms with E-state index in [2.05, 4.69) is 30.5 Å². The van der Waals surface area contributed by atoms with Crippen molar-refractivity contribution in [1.82, 2.24) is 5.32 Å². The van der Waals surface area contributed by atoms with Crippen molar-refractivity contribution in [2.45, 2.75) is 155 Å². The van der Waals surface area contributed by atoms with Crippen LogP contribution >= 0.6 is 0 Å². The molecule has 179 valence electrons. The maximum absolute atomic E-state index is 4.26. The number of unbranched alkanes of at least 4 members (excludes halogenated alkanes) is 22. The van der Waals surface area contributed by atoms with Crippen LogP contribution in [0.3, 0.4) is 0 Å². The van der Waals surface area contributed by atoms with Crippen molar-refractivity contribution in [3.05, 3.63) is 36.2 Å². The molecule has 31 heavy (non-hydrogen) atoms. The smallest absolute Gasteiger partial charge is 0.0626 e. The zero-order chi connectivity index (χ0) is 22.1. The molecule has 0 N–H and O–H groups in total. The average molecular weight is 429 g/mol. The van der Waals surface area contributed by atoms with Gasteiger partial charge in [-0.05, 0) is 31.1 Å². The maximum atomic E-state index is 4.26. The SMILES string of the molecule is CCCCCCCCCCCCCCCCCCCCCCCC/C=C/C1=CC=C[N]1. The van der Waals surface area contributed by atoms with Crippen LogP contribution < -0.4 is 5.32 Å². The molecular formula is C30H54N. The van der Waals surface area contributed by atoms with Gasteiger partial charge in [0.2, 0.25) is 0 Å². The Morgan fingerprint density at radius 1 is 0.548 bits per heavy atom. The third-order valence-electron chi connectivity index (χ3n) is 6.59. The van der Waals surface area contributed by atoms with Gasteiger partial charge in [0.25, 0.3) is 0 Å². The van der Waals surface area contributed by atoms with E-state index < -0.39 is 0 Å². The quantitative estimate of drug-likeness (QED) is 0.136. The average Bonchev–Trinajstić information content (AvgIpc) is 3.30. The van der Waals surface area contributed by atoms with E-state index in [1.54, 1.807) is 0 Å². The summed E-state index contributed by atoms with van der Waals surface area (Å²) in [5, 5.41) is 4.26. The Morgan fingerprint density at radius 3 is 1.29 bits per heavy atom. The van der Waals surface area contributed by atoms with Gasteiger partial charge in [0.15, 0.2) is 0 Å². The first-order valence-electron chi connectivity index (χ1n) is 14.2. The summed E-state index contributed by atoms with van der Waals surface area (Å²) in [6, 6.07) is 0. The van der Waals surface area contributed by atoms with Crippen molar-refractivity contribution in [2.75, 3.05) is 0 Å². The third kappa shape index (κ3) is 20.7. The van der Waals surface area contributed by atoms with Crippen molar-refractivity contribution in [2.24, 2.45) is 0 Å². The van der Waals surface area contributed by atoms with Crippen LogP contribution in [0.4, 0.5) is 0 Å². The standard InChI is InChI=1S/C30H54N/c1-2-3-4-5-6-7-8-9-10-11-12-13-14-15-16-17-18-19-20-21-22-23-24-25-27-30-28-26-29-31-30/h25-29H,2-24H2,1H3/b27-25+. The Balaban J connectivity index is 1.64. The van der Waals surface area contributed by atoms with Gasteiger partial charge in [0.05, 0.1) is 5.70 Å². The molecule has 1 aliphatic heterocycles. The van der Waals surface area contributed by atoms with Crippen molar-refractivity contribution < 1.29 is 0 Å². The number of allylic oxidation sites excluding steroid dienone is 4. The molecule has 0 aliphatic carbocycles. The van der Waals surface area contributed by atoms with E-state index in [1.165, 1.54) is 148 Å². The molecule has 0 unspecified atom stereocenters. The van der Waals surface area contributed by atoms with Gasteiger partial charge in [-0.2, -0.15) is 0 Å². The first kappa shape index (κ1) is 28.1. The van der Waals surface area contributed by atoms with Crippen molar-refractivity contribution >= 4 is 0 Å². The molecule has 0 aromatic heterocycles. The van der Waals surface area contributed by atoms with Crippen LogP contribution in [0.2, 0.25) is 0 Å². The van der Waals surface area contributed by atoms with Gasteiger partial charge in [0.1, 0.15) is 0 Å². The summed E-state index contributed by atoms with van der Waals surface area (Å²) in [7, 11) is 0. The van der Waals surface area contributed by atoms with Gasteiger partial charge < -0.3 is 0 Å². The first-order valence-corrected chi connectivity index (χ1v) is 14.2. The van der Waals surface area contributed by atoms with Gasteiger partial charge in [-0.3, -0.25) is 5.32 Å². The lowest BCUT2D eigenvalue weighted by molar-refractivity contribution is 0.519. The highest BCUT2D eigenvalue weighted by Gasteiger charge is 1.96. The Bertz CT molecular complexity index is 445. The summed E-state index contributed by atoms with van der Waals surface area (Å²) >= 11 is 0. The number of rotatable bonds is 24. The van der Waals surface area contributed by atoms with Crippen LogP contribution in [0, 0.1) is 0 Å². The molecule has 1 heterocycles. The van der Waals surface area contributed by atoms with E-state index in [0.29, 0.717) is 0 Å². The highest BCUT2D eigenvalue weighted by atomic mass is 14.9. The summed E-state index contributed by atoms with van der Waals surface area (Å²) in [5.74, 6) is 0. The predicted molar refractivity (Wildman–Crippen MR) is 140 cm³/mol. The van der Waals surface area contributed by atoms with Gasteiger partial charge in [0, 0.05) is 6.20 Å². The molecule has 0 spiro atoms. The third-order valence-corrected chi connectivity index (χ3v) is 6.59. The summed E-state index contributed by atoms with van der Waals surface area (Å²) in [5.41, 5.74) is 1.10. The lowest BCUT2D eigenvalue weighted by Crippen LogP contribution is -1.86. The molecule has 1 aliphatic rings. The van der Waals surface area contributed by atoms with Gasteiger partial charge in [-0.25, -0.2) is 0 Å². The minimum Gasteiger partial charge on any atom is -0.257 e. The molecule has 0 amide bonds. The lowest BCUT2D eigenvalue weighted by atomic mass is 10.0. The Hall–Kier alpha value is -0.980. The summed E-state index contributed by atoms with van der Waals surface area (Å²) in [6.45, 7) is 2.30.